The van der Waals surface area contributed by atoms with E-state index in [4.69, 9.17) is 9.47 Å². The van der Waals surface area contributed by atoms with E-state index < -0.39 is 17.9 Å². The molecular formula is C30H28N2O4. The summed E-state index contributed by atoms with van der Waals surface area (Å²) in [6.45, 7) is 2.29. The van der Waals surface area contributed by atoms with Crippen molar-refractivity contribution in [3.63, 3.8) is 0 Å². The van der Waals surface area contributed by atoms with Gasteiger partial charge in [0.1, 0.15) is 18.1 Å². The highest BCUT2D eigenvalue weighted by molar-refractivity contribution is 5.95. The first-order valence-electron chi connectivity index (χ1n) is 11.8. The Balaban J connectivity index is 1.26. The molecule has 2 N–H and O–H groups in total. The van der Waals surface area contributed by atoms with Crippen molar-refractivity contribution in [3.8, 4) is 22.6 Å². The molecule has 182 valence electrons. The van der Waals surface area contributed by atoms with Crippen molar-refractivity contribution in [2.45, 2.75) is 26.1 Å². The number of hydrogen-bond acceptors (Lipinski definition) is 4. The number of hydrogen-bond donors (Lipinski definition) is 2. The van der Waals surface area contributed by atoms with Crippen molar-refractivity contribution >= 4 is 11.8 Å². The molecular weight excluding hydrogens is 452 g/mol. The zero-order chi connectivity index (χ0) is 25.2. The molecule has 0 fully saturated rings. The van der Waals surface area contributed by atoms with Gasteiger partial charge in [0.2, 0.25) is 0 Å². The highest BCUT2D eigenvalue weighted by atomic mass is 16.5. The van der Waals surface area contributed by atoms with Crippen LogP contribution in [0.2, 0.25) is 0 Å². The Morgan fingerprint density at radius 1 is 0.694 bits per heavy atom. The summed E-state index contributed by atoms with van der Waals surface area (Å²) in [6, 6.07) is 34.1. The molecule has 6 nitrogen and oxygen atoms in total. The van der Waals surface area contributed by atoms with E-state index in [0.29, 0.717) is 30.1 Å². The topological polar surface area (TPSA) is 76.7 Å². The zero-order valence-electron chi connectivity index (χ0n) is 20.0. The van der Waals surface area contributed by atoms with Crippen LogP contribution in [0.15, 0.2) is 109 Å². The van der Waals surface area contributed by atoms with Crippen LogP contribution in [0.1, 0.15) is 29.3 Å². The summed E-state index contributed by atoms with van der Waals surface area (Å²) in [4.78, 5) is 25.1. The largest absolute Gasteiger partial charge is 0.489 e. The van der Waals surface area contributed by atoms with Crippen LogP contribution >= 0.6 is 0 Å². The second kappa shape index (κ2) is 12.2. The van der Waals surface area contributed by atoms with Crippen molar-refractivity contribution in [2.75, 3.05) is 0 Å². The van der Waals surface area contributed by atoms with E-state index in [1.807, 2.05) is 91.9 Å². The Morgan fingerprint density at radius 2 is 1.28 bits per heavy atom. The fourth-order valence-electron chi connectivity index (χ4n) is 3.56. The van der Waals surface area contributed by atoms with Crippen LogP contribution in [-0.2, 0) is 11.4 Å². The molecule has 0 aliphatic carbocycles. The highest BCUT2D eigenvalue weighted by Gasteiger charge is 2.19. The molecule has 0 aliphatic heterocycles. The molecule has 0 spiro atoms. The van der Waals surface area contributed by atoms with Crippen LogP contribution in [0, 0.1) is 0 Å². The van der Waals surface area contributed by atoms with Gasteiger partial charge >= 0.3 is 0 Å². The Bertz CT molecular complexity index is 1260. The summed E-state index contributed by atoms with van der Waals surface area (Å²) in [5, 5.41) is 0. The lowest BCUT2D eigenvalue weighted by molar-refractivity contribution is -0.128. The maximum atomic E-state index is 12.6. The molecule has 36 heavy (non-hydrogen) atoms. The molecule has 6 heteroatoms. The summed E-state index contributed by atoms with van der Waals surface area (Å²) >= 11 is 0. The maximum absolute atomic E-state index is 12.6. The van der Waals surface area contributed by atoms with Gasteiger partial charge < -0.3 is 9.47 Å². The Labute approximate surface area is 210 Å². The first-order chi connectivity index (χ1) is 17.6. The van der Waals surface area contributed by atoms with Crippen LogP contribution < -0.4 is 20.3 Å². The molecule has 4 rings (SSSR count). The fraction of sp³-hybridized carbons (Fsp3) is 0.133. The van der Waals surface area contributed by atoms with Crippen LogP contribution in [0.4, 0.5) is 0 Å². The summed E-state index contributed by atoms with van der Waals surface area (Å²) in [5.74, 6) is 0.368. The summed E-state index contributed by atoms with van der Waals surface area (Å²) in [7, 11) is 0. The smallest absolute Gasteiger partial charge is 0.279 e. The molecule has 0 bridgehead atoms. The van der Waals surface area contributed by atoms with Crippen LogP contribution in [0.25, 0.3) is 11.1 Å². The first-order valence-corrected chi connectivity index (χ1v) is 11.8. The van der Waals surface area contributed by atoms with Crippen molar-refractivity contribution < 1.29 is 19.1 Å². The van der Waals surface area contributed by atoms with Gasteiger partial charge in [0, 0.05) is 5.56 Å². The van der Waals surface area contributed by atoms with E-state index in [0.717, 1.165) is 16.7 Å². The molecule has 4 aromatic rings. The lowest BCUT2D eigenvalue weighted by Gasteiger charge is -2.18. The molecule has 0 aromatic heterocycles. The third-order valence-corrected chi connectivity index (χ3v) is 5.57. The minimum Gasteiger partial charge on any atom is -0.489 e. The first kappa shape index (κ1) is 24.5. The van der Waals surface area contributed by atoms with E-state index in [9.17, 15) is 9.59 Å². The average molecular weight is 481 g/mol. The Hall–Kier alpha value is -4.58. The van der Waals surface area contributed by atoms with E-state index in [-0.39, 0.29) is 0 Å². The quantitative estimate of drug-likeness (QED) is 0.308. The molecule has 1 unspecified atom stereocenters. The van der Waals surface area contributed by atoms with E-state index in [1.54, 1.807) is 24.3 Å². The van der Waals surface area contributed by atoms with E-state index in [2.05, 4.69) is 10.9 Å². The Kier molecular flexibility index (Phi) is 8.33. The lowest BCUT2D eigenvalue weighted by atomic mass is 10.1. The fourth-order valence-corrected chi connectivity index (χ4v) is 3.56. The predicted molar refractivity (Wildman–Crippen MR) is 139 cm³/mol. The molecule has 0 heterocycles. The van der Waals surface area contributed by atoms with Crippen LogP contribution in [-0.4, -0.2) is 17.9 Å². The number of nitrogens with one attached hydrogen (secondary N) is 2. The second-order valence-corrected chi connectivity index (χ2v) is 8.15. The number of carbonyl (C=O) groups is 2. The third kappa shape index (κ3) is 6.73. The molecule has 0 radical (unpaired) electrons. The van der Waals surface area contributed by atoms with Gasteiger partial charge in [-0.15, -0.1) is 0 Å². The number of carbonyl (C=O) groups excluding carboxylic acids is 2. The number of amides is 2. The van der Waals surface area contributed by atoms with Crippen molar-refractivity contribution in [1.82, 2.24) is 10.9 Å². The van der Waals surface area contributed by atoms with Gasteiger partial charge in [0.05, 0.1) is 0 Å². The van der Waals surface area contributed by atoms with Crippen molar-refractivity contribution in [2.24, 2.45) is 0 Å². The molecule has 1 atom stereocenters. The minimum atomic E-state index is -0.748. The number of rotatable bonds is 9. The van der Waals surface area contributed by atoms with Crippen LogP contribution in [0.3, 0.4) is 0 Å². The van der Waals surface area contributed by atoms with Gasteiger partial charge in [-0.25, -0.2) is 0 Å². The monoisotopic (exact) mass is 480 g/mol. The molecule has 0 saturated heterocycles. The van der Waals surface area contributed by atoms with Gasteiger partial charge in [0.25, 0.3) is 11.8 Å². The summed E-state index contributed by atoms with van der Waals surface area (Å²) in [6.07, 6.45) is -0.308. The molecule has 0 saturated carbocycles. The number of ether oxygens (including phenoxy) is 2. The SMILES string of the molecule is CCC(Oc1ccc(-c2ccccc2)cc1)C(=O)NNC(=O)c1ccc(OCc2ccccc2)cc1. The average Bonchev–Trinajstić information content (AvgIpc) is 2.95. The van der Waals surface area contributed by atoms with Crippen LogP contribution in [0.5, 0.6) is 11.5 Å². The minimum absolute atomic E-state index is 0.396. The maximum Gasteiger partial charge on any atom is 0.279 e. The van der Waals surface area contributed by atoms with Gasteiger partial charge in [-0.3, -0.25) is 20.4 Å². The van der Waals surface area contributed by atoms with E-state index in [1.165, 1.54) is 0 Å². The van der Waals surface area contributed by atoms with Gasteiger partial charge in [-0.05, 0) is 59.5 Å². The zero-order valence-corrected chi connectivity index (χ0v) is 20.0. The predicted octanol–water partition coefficient (Wildman–Crippen LogP) is 5.55. The molecule has 2 amide bonds. The third-order valence-electron chi connectivity index (χ3n) is 5.57. The normalized spacial score (nSPS) is 11.2. The molecule has 0 aliphatic rings. The second-order valence-electron chi connectivity index (χ2n) is 8.15. The standard InChI is InChI=1S/C30H28N2O4/c1-2-28(36-27-19-13-24(14-20-27)23-11-7-4-8-12-23)30(34)32-31-29(33)25-15-17-26(18-16-25)35-21-22-9-5-3-6-10-22/h3-20,28H,2,21H2,1H3,(H,31,33)(H,32,34). The summed E-state index contributed by atoms with van der Waals surface area (Å²) in [5.41, 5.74) is 8.52. The highest BCUT2D eigenvalue weighted by Crippen LogP contribution is 2.23. The molecule has 4 aromatic carbocycles. The van der Waals surface area contributed by atoms with Gasteiger partial charge in [-0.2, -0.15) is 0 Å². The summed E-state index contributed by atoms with van der Waals surface area (Å²) < 4.78 is 11.6. The Morgan fingerprint density at radius 3 is 1.92 bits per heavy atom. The lowest BCUT2D eigenvalue weighted by Crippen LogP contribution is -2.47. The van der Waals surface area contributed by atoms with Gasteiger partial charge in [-0.1, -0.05) is 79.7 Å². The number of benzene rings is 4. The van der Waals surface area contributed by atoms with E-state index >= 15 is 0 Å². The van der Waals surface area contributed by atoms with Crippen molar-refractivity contribution in [3.05, 3.63) is 120 Å². The van der Waals surface area contributed by atoms with Gasteiger partial charge in [0.15, 0.2) is 6.10 Å². The van der Waals surface area contributed by atoms with Crippen molar-refractivity contribution in [1.29, 1.82) is 0 Å². The number of hydrazine groups is 1.